The summed E-state index contributed by atoms with van der Waals surface area (Å²) < 4.78 is 4.96. The quantitative estimate of drug-likeness (QED) is 0.847. The van der Waals surface area contributed by atoms with Gasteiger partial charge in [0.05, 0.1) is 6.61 Å². The Kier molecular flexibility index (Phi) is 4.70. The van der Waals surface area contributed by atoms with Crippen molar-refractivity contribution in [2.75, 3.05) is 6.61 Å². The molecule has 0 fully saturated rings. The number of carbonyl (C=O) groups is 1. The van der Waals surface area contributed by atoms with E-state index in [1.165, 1.54) is 5.56 Å². The van der Waals surface area contributed by atoms with Crippen molar-refractivity contribution in [3.05, 3.63) is 35.4 Å². The Morgan fingerprint density at radius 1 is 1.40 bits per heavy atom. The first-order chi connectivity index (χ1) is 9.52. The van der Waals surface area contributed by atoms with Crippen molar-refractivity contribution < 1.29 is 9.53 Å². The van der Waals surface area contributed by atoms with Crippen LogP contribution in [0.25, 0.3) is 0 Å². The fraction of sp³-hybridized carbons (Fsp3) is 0.467. The molecule has 1 N–H and O–H groups in total. The fourth-order valence-electron chi connectivity index (χ4n) is 1.93. The van der Waals surface area contributed by atoms with Crippen LogP contribution in [0.1, 0.15) is 37.8 Å². The second-order valence-corrected chi connectivity index (χ2v) is 6.52. The van der Waals surface area contributed by atoms with E-state index in [0.717, 1.165) is 10.6 Å². The molecule has 0 spiro atoms. The van der Waals surface area contributed by atoms with Gasteiger partial charge in [-0.1, -0.05) is 41.6 Å². The molecule has 4 nitrogen and oxygen atoms in total. The molecule has 1 aromatic carbocycles. The highest BCUT2D eigenvalue weighted by Crippen LogP contribution is 2.35. The number of nitrogens with one attached hydrogen (secondary N) is 1. The number of benzene rings is 1. The molecule has 0 aliphatic carbocycles. The smallest absolute Gasteiger partial charge is 0.305 e. The van der Waals surface area contributed by atoms with Crippen LogP contribution >= 0.6 is 11.8 Å². The Bertz CT molecular complexity index is 513. The molecule has 20 heavy (non-hydrogen) atoms. The van der Waals surface area contributed by atoms with Crippen LogP contribution in [0.2, 0.25) is 0 Å². The summed E-state index contributed by atoms with van der Waals surface area (Å²) in [4.78, 5) is 11.2. The van der Waals surface area contributed by atoms with Crippen molar-refractivity contribution in [3.8, 4) is 0 Å². The minimum atomic E-state index is -0.243. The first-order valence-electron chi connectivity index (χ1n) is 6.79. The normalized spacial score (nSPS) is 21.2. The minimum Gasteiger partial charge on any atom is -0.466 e. The lowest BCUT2D eigenvalue weighted by atomic mass is 10.2. The zero-order valence-electron chi connectivity index (χ0n) is 12.1. The first kappa shape index (κ1) is 14.9. The Morgan fingerprint density at radius 3 is 2.75 bits per heavy atom. The van der Waals surface area contributed by atoms with Crippen molar-refractivity contribution in [1.82, 2.24) is 5.43 Å². The molecule has 0 unspecified atom stereocenters. The fourth-order valence-corrected chi connectivity index (χ4v) is 3.00. The number of esters is 1. The van der Waals surface area contributed by atoms with E-state index < -0.39 is 0 Å². The number of nitrogens with zero attached hydrogens (tertiary/aromatic N) is 1. The van der Waals surface area contributed by atoms with Crippen LogP contribution in [-0.4, -0.2) is 22.5 Å². The summed E-state index contributed by atoms with van der Waals surface area (Å²) in [6.07, 6.45) is 1.09. The summed E-state index contributed by atoms with van der Waals surface area (Å²) >= 11 is 1.66. The van der Waals surface area contributed by atoms with Gasteiger partial charge in [-0.3, -0.25) is 10.2 Å². The van der Waals surface area contributed by atoms with E-state index in [4.69, 9.17) is 4.74 Å². The van der Waals surface area contributed by atoms with Gasteiger partial charge in [0, 0.05) is 12.0 Å². The van der Waals surface area contributed by atoms with Crippen molar-refractivity contribution in [2.45, 2.75) is 38.5 Å². The van der Waals surface area contributed by atoms with Crippen LogP contribution in [0.15, 0.2) is 29.4 Å². The molecule has 0 saturated heterocycles. The third-order valence-electron chi connectivity index (χ3n) is 3.13. The Morgan fingerprint density at radius 2 is 2.10 bits per heavy atom. The van der Waals surface area contributed by atoms with Gasteiger partial charge in [-0.15, -0.1) is 0 Å². The Labute approximate surface area is 124 Å². The van der Waals surface area contributed by atoms with Crippen LogP contribution in [0.3, 0.4) is 0 Å². The summed E-state index contributed by atoms with van der Waals surface area (Å²) in [5, 5.41) is 5.36. The maximum absolute atomic E-state index is 11.4. The summed E-state index contributed by atoms with van der Waals surface area (Å²) in [5.74, 6) is -0.153. The first-order valence-corrected chi connectivity index (χ1v) is 7.60. The van der Waals surface area contributed by atoms with Gasteiger partial charge in [0.25, 0.3) is 0 Å². The average Bonchev–Trinajstić information content (AvgIpc) is 2.81. The van der Waals surface area contributed by atoms with Gasteiger partial charge in [-0.25, -0.2) is 0 Å². The molecule has 0 amide bonds. The summed E-state index contributed by atoms with van der Waals surface area (Å²) in [6.45, 7) is 6.37. The molecular formula is C15H20N2O2S. The van der Waals surface area contributed by atoms with Crippen molar-refractivity contribution >= 4 is 22.8 Å². The SMILES string of the molecule is CCOC(=O)CC[C@]1(C)NN=C(c2ccc(C)cc2)S1. The number of aryl methyl sites for hydroxylation is 1. The largest absolute Gasteiger partial charge is 0.466 e. The van der Waals surface area contributed by atoms with Crippen molar-refractivity contribution in [3.63, 3.8) is 0 Å². The molecular weight excluding hydrogens is 272 g/mol. The van der Waals surface area contributed by atoms with Gasteiger partial charge in [-0.2, -0.15) is 5.10 Å². The number of hydrogen-bond donors (Lipinski definition) is 1. The maximum Gasteiger partial charge on any atom is 0.305 e. The van der Waals surface area contributed by atoms with Crippen LogP contribution in [0.4, 0.5) is 0 Å². The van der Waals surface area contributed by atoms with Gasteiger partial charge in [0.15, 0.2) is 0 Å². The van der Waals surface area contributed by atoms with Gasteiger partial charge in [0.1, 0.15) is 9.91 Å². The lowest BCUT2D eigenvalue weighted by Crippen LogP contribution is -2.32. The van der Waals surface area contributed by atoms with E-state index in [1.807, 2.05) is 6.92 Å². The number of carbonyl (C=O) groups excluding carboxylic acids is 1. The summed E-state index contributed by atoms with van der Waals surface area (Å²) in [5.41, 5.74) is 5.47. The monoisotopic (exact) mass is 292 g/mol. The molecule has 2 rings (SSSR count). The highest BCUT2D eigenvalue weighted by Gasteiger charge is 2.33. The lowest BCUT2D eigenvalue weighted by molar-refractivity contribution is -0.143. The molecule has 1 aliphatic heterocycles. The van der Waals surface area contributed by atoms with E-state index in [0.29, 0.717) is 19.4 Å². The van der Waals surface area contributed by atoms with Gasteiger partial charge < -0.3 is 4.74 Å². The molecule has 0 bridgehead atoms. The molecule has 0 saturated carbocycles. The van der Waals surface area contributed by atoms with E-state index in [1.54, 1.807) is 11.8 Å². The zero-order valence-corrected chi connectivity index (χ0v) is 12.9. The average molecular weight is 292 g/mol. The summed E-state index contributed by atoms with van der Waals surface area (Å²) in [6, 6.07) is 8.29. The number of hydrogen-bond acceptors (Lipinski definition) is 5. The summed E-state index contributed by atoms with van der Waals surface area (Å²) in [7, 11) is 0. The Hall–Kier alpha value is -1.49. The highest BCUT2D eigenvalue weighted by molar-refractivity contribution is 8.15. The maximum atomic E-state index is 11.4. The molecule has 1 heterocycles. The molecule has 0 radical (unpaired) electrons. The van der Waals surface area contributed by atoms with E-state index >= 15 is 0 Å². The molecule has 108 valence electrons. The van der Waals surface area contributed by atoms with E-state index in [-0.39, 0.29) is 10.8 Å². The Balaban J connectivity index is 1.92. The lowest BCUT2D eigenvalue weighted by Gasteiger charge is -2.21. The molecule has 0 aromatic heterocycles. The molecule has 1 atom stereocenters. The zero-order chi connectivity index (χ0) is 14.6. The van der Waals surface area contributed by atoms with Crippen molar-refractivity contribution in [2.24, 2.45) is 5.10 Å². The minimum absolute atomic E-state index is 0.153. The second-order valence-electron chi connectivity index (χ2n) is 5.03. The molecule has 1 aliphatic rings. The third-order valence-corrected chi connectivity index (χ3v) is 4.39. The van der Waals surface area contributed by atoms with Gasteiger partial charge in [-0.05, 0) is 27.2 Å². The predicted molar refractivity (Wildman–Crippen MR) is 82.7 cm³/mol. The van der Waals surface area contributed by atoms with Crippen LogP contribution in [0, 0.1) is 6.92 Å². The standard InChI is InChI=1S/C15H20N2O2S/c1-4-19-13(18)9-10-15(3)17-16-14(20-15)12-7-5-11(2)6-8-12/h5-8,17H,4,9-10H2,1-3H3/t15-/m1/s1. The van der Waals surface area contributed by atoms with Crippen LogP contribution in [-0.2, 0) is 9.53 Å². The second kappa shape index (κ2) is 6.31. The van der Waals surface area contributed by atoms with E-state index in [9.17, 15) is 4.79 Å². The van der Waals surface area contributed by atoms with Crippen LogP contribution < -0.4 is 5.43 Å². The molecule has 1 aromatic rings. The number of ether oxygens (including phenoxy) is 1. The highest BCUT2D eigenvalue weighted by atomic mass is 32.2. The predicted octanol–water partition coefficient (Wildman–Crippen LogP) is 3.05. The molecule has 5 heteroatoms. The van der Waals surface area contributed by atoms with E-state index in [2.05, 4.69) is 48.6 Å². The van der Waals surface area contributed by atoms with Gasteiger partial charge >= 0.3 is 5.97 Å². The van der Waals surface area contributed by atoms with Gasteiger partial charge in [0.2, 0.25) is 0 Å². The van der Waals surface area contributed by atoms with Crippen molar-refractivity contribution in [1.29, 1.82) is 0 Å². The number of thioether (sulfide) groups is 1. The number of hydrazone groups is 1. The third kappa shape index (κ3) is 3.76. The number of rotatable bonds is 5. The topological polar surface area (TPSA) is 50.7 Å². The van der Waals surface area contributed by atoms with Crippen LogP contribution in [0.5, 0.6) is 0 Å².